The maximum absolute atomic E-state index is 11.9. The van der Waals surface area contributed by atoms with Crippen LogP contribution in [0.4, 0.5) is 0 Å². The summed E-state index contributed by atoms with van der Waals surface area (Å²) in [5, 5.41) is 17.1. The third kappa shape index (κ3) is 4.20. The average Bonchev–Trinajstić information content (AvgIpc) is 2.94. The number of benzene rings is 1. The zero-order chi connectivity index (χ0) is 15.9. The van der Waals surface area contributed by atoms with Gasteiger partial charge in [0.25, 0.3) is 5.91 Å². The van der Waals surface area contributed by atoms with Crippen LogP contribution in [-0.4, -0.2) is 22.1 Å². The summed E-state index contributed by atoms with van der Waals surface area (Å²) in [6, 6.07) is 10.6. The number of rotatable bonds is 6. The highest BCUT2D eigenvalue weighted by Gasteiger charge is 2.09. The second-order valence-corrected chi connectivity index (χ2v) is 4.58. The van der Waals surface area contributed by atoms with Gasteiger partial charge < -0.3 is 9.90 Å². The van der Waals surface area contributed by atoms with Gasteiger partial charge in [0.15, 0.2) is 5.69 Å². The molecule has 0 radical (unpaired) electrons. The smallest absolute Gasteiger partial charge is 0.290 e. The van der Waals surface area contributed by atoms with Gasteiger partial charge in [-0.3, -0.25) is 20.7 Å². The van der Waals surface area contributed by atoms with E-state index in [-0.39, 0.29) is 12.1 Å². The Hall–Kier alpha value is -3.09. The molecule has 0 spiro atoms. The number of aliphatic carboxylic acids is 1. The van der Waals surface area contributed by atoms with Crippen molar-refractivity contribution in [3.8, 4) is 0 Å². The molecule has 0 unspecified atom stereocenters. The lowest BCUT2D eigenvalue weighted by Gasteiger charge is -2.12. The molecule has 0 atom stereocenters. The highest BCUT2D eigenvalue weighted by molar-refractivity contribution is 5.92. The fraction of sp³-hybridized carbons (Fsp3) is 0.133. The zero-order valence-corrected chi connectivity index (χ0v) is 11.9. The predicted molar refractivity (Wildman–Crippen MR) is 78.0 cm³/mol. The number of carbonyl (C=O) groups excluding carboxylic acids is 2. The Balaban J connectivity index is 2.08. The molecule has 0 fully saturated rings. The van der Waals surface area contributed by atoms with Crippen LogP contribution in [0.5, 0.6) is 0 Å². The number of hydrazine groups is 1. The summed E-state index contributed by atoms with van der Waals surface area (Å²) < 4.78 is 0. The average molecular weight is 299 g/mol. The molecule has 3 N–H and O–H groups in total. The molecule has 1 heterocycles. The molecule has 7 heteroatoms. The molecule has 0 saturated carbocycles. The van der Waals surface area contributed by atoms with Gasteiger partial charge in [-0.05, 0) is 18.6 Å². The minimum atomic E-state index is -1.20. The Morgan fingerprint density at radius 2 is 2.00 bits per heavy atom. The molecule has 2 aromatic rings. The fourth-order valence-electron chi connectivity index (χ4n) is 1.77. The van der Waals surface area contributed by atoms with Gasteiger partial charge in [-0.1, -0.05) is 36.4 Å². The first-order valence-corrected chi connectivity index (χ1v) is 6.60. The first-order chi connectivity index (χ1) is 10.6. The second kappa shape index (κ2) is 7.07. The van der Waals surface area contributed by atoms with Crippen molar-refractivity contribution in [3.05, 3.63) is 59.4 Å². The summed E-state index contributed by atoms with van der Waals surface area (Å²) in [5.41, 5.74) is 7.40. The van der Waals surface area contributed by atoms with E-state index in [0.717, 1.165) is 11.3 Å². The lowest BCUT2D eigenvalue weighted by atomic mass is 10.1. The van der Waals surface area contributed by atoms with Gasteiger partial charge in [-0.15, -0.1) is 0 Å². The zero-order valence-electron chi connectivity index (χ0n) is 11.9. The molecule has 114 valence electrons. The lowest BCUT2D eigenvalue weighted by molar-refractivity contribution is -0.304. The molecule has 1 amide bonds. The number of carboxylic acid groups (broad SMARTS) is 1. The first-order valence-electron chi connectivity index (χ1n) is 6.60. The summed E-state index contributed by atoms with van der Waals surface area (Å²) in [4.78, 5) is 22.5. The van der Waals surface area contributed by atoms with Crippen LogP contribution in [0.25, 0.3) is 5.70 Å². The minimum absolute atomic E-state index is 0.234. The summed E-state index contributed by atoms with van der Waals surface area (Å²) in [5.74, 6) is -1.64. The second-order valence-electron chi connectivity index (χ2n) is 4.58. The third-order valence-electron chi connectivity index (χ3n) is 2.81. The molecule has 0 aliphatic heterocycles. The highest BCUT2D eigenvalue weighted by Crippen LogP contribution is 2.11. The van der Waals surface area contributed by atoms with E-state index in [1.54, 1.807) is 25.1 Å². The van der Waals surface area contributed by atoms with Crippen LogP contribution >= 0.6 is 0 Å². The van der Waals surface area contributed by atoms with Gasteiger partial charge in [-0.25, -0.2) is 0 Å². The van der Waals surface area contributed by atoms with E-state index in [0.29, 0.717) is 5.70 Å². The van der Waals surface area contributed by atoms with Crippen molar-refractivity contribution in [1.29, 1.82) is 0 Å². The Morgan fingerprint density at radius 3 is 2.59 bits per heavy atom. The monoisotopic (exact) mass is 299 g/mol. The number of H-pyrrole nitrogens is 1. The number of hydrogen-bond acceptors (Lipinski definition) is 5. The number of nitrogens with zero attached hydrogens (tertiary/aromatic N) is 1. The third-order valence-corrected chi connectivity index (χ3v) is 2.81. The van der Waals surface area contributed by atoms with Crippen LogP contribution in [0.2, 0.25) is 0 Å². The highest BCUT2D eigenvalue weighted by atomic mass is 16.4. The lowest BCUT2D eigenvalue weighted by Crippen LogP contribution is -2.36. The Kier molecular flexibility index (Phi) is 4.92. The van der Waals surface area contributed by atoms with E-state index in [4.69, 9.17) is 0 Å². The van der Waals surface area contributed by atoms with Crippen molar-refractivity contribution in [3.63, 3.8) is 0 Å². The van der Waals surface area contributed by atoms with Crippen LogP contribution in [-0.2, 0) is 4.79 Å². The van der Waals surface area contributed by atoms with Crippen LogP contribution in [0, 0.1) is 6.92 Å². The largest absolute Gasteiger partial charge is 0.550 e. The SMILES string of the molecule is Cc1cc(C(=O)NN/C(=C/CC(=O)[O-])c2ccccc2)n[nH]1. The van der Waals surface area contributed by atoms with Crippen LogP contribution in [0.3, 0.4) is 0 Å². The molecule has 7 nitrogen and oxygen atoms in total. The van der Waals surface area contributed by atoms with E-state index < -0.39 is 11.9 Å². The molecule has 22 heavy (non-hydrogen) atoms. The van der Waals surface area contributed by atoms with Gasteiger partial charge in [0.05, 0.1) is 5.70 Å². The predicted octanol–water partition coefficient (Wildman–Crippen LogP) is 0.134. The number of aryl methyl sites for hydroxylation is 1. The van der Waals surface area contributed by atoms with Gasteiger partial charge in [0, 0.05) is 18.1 Å². The maximum Gasteiger partial charge on any atom is 0.290 e. The van der Waals surface area contributed by atoms with E-state index in [2.05, 4.69) is 21.0 Å². The number of nitrogens with one attached hydrogen (secondary N) is 3. The van der Waals surface area contributed by atoms with Gasteiger partial charge in [0.1, 0.15) is 0 Å². The summed E-state index contributed by atoms with van der Waals surface area (Å²) >= 11 is 0. The van der Waals surface area contributed by atoms with Crippen LogP contribution in [0.15, 0.2) is 42.5 Å². The van der Waals surface area contributed by atoms with Crippen molar-refractivity contribution in [2.45, 2.75) is 13.3 Å². The summed E-state index contributed by atoms with van der Waals surface area (Å²) in [7, 11) is 0. The number of aromatic amines is 1. The number of carbonyl (C=O) groups is 2. The standard InChI is InChI=1S/C15H16N4O3/c1-10-9-13(18-16-10)15(22)19-17-12(7-8-14(20)21)11-5-3-2-4-6-11/h2-7,9,17H,8H2,1H3,(H,16,18)(H,19,22)(H,20,21)/p-1/b12-7+. The molecule has 2 rings (SSSR count). The van der Waals surface area contributed by atoms with E-state index >= 15 is 0 Å². The van der Waals surface area contributed by atoms with Gasteiger partial charge in [0.2, 0.25) is 0 Å². The van der Waals surface area contributed by atoms with Crippen molar-refractivity contribution in [2.24, 2.45) is 0 Å². The molecular formula is C15H15N4O3-. The van der Waals surface area contributed by atoms with Crippen LogP contribution < -0.4 is 16.0 Å². The fourth-order valence-corrected chi connectivity index (χ4v) is 1.77. The van der Waals surface area contributed by atoms with E-state index in [1.165, 1.54) is 6.08 Å². The van der Waals surface area contributed by atoms with Crippen molar-refractivity contribution in [1.82, 2.24) is 21.0 Å². The molecule has 1 aromatic carbocycles. The number of aromatic nitrogens is 2. The van der Waals surface area contributed by atoms with Crippen molar-refractivity contribution in [2.75, 3.05) is 0 Å². The first kappa shape index (κ1) is 15.3. The van der Waals surface area contributed by atoms with Crippen molar-refractivity contribution >= 4 is 17.6 Å². The molecule has 1 aromatic heterocycles. The normalized spacial score (nSPS) is 11.0. The number of hydrogen-bond donors (Lipinski definition) is 3. The Bertz CT molecular complexity index is 692. The van der Waals surface area contributed by atoms with E-state index in [9.17, 15) is 14.7 Å². The Morgan fingerprint density at radius 1 is 1.27 bits per heavy atom. The van der Waals surface area contributed by atoms with Gasteiger partial charge in [-0.2, -0.15) is 5.10 Å². The number of amides is 1. The summed E-state index contributed by atoms with van der Waals surface area (Å²) in [6.07, 6.45) is 1.16. The molecule has 0 aliphatic carbocycles. The minimum Gasteiger partial charge on any atom is -0.550 e. The molecule has 0 bridgehead atoms. The van der Waals surface area contributed by atoms with Crippen molar-refractivity contribution < 1.29 is 14.7 Å². The molecule has 0 saturated heterocycles. The summed E-state index contributed by atoms with van der Waals surface area (Å²) in [6.45, 7) is 1.78. The Labute approximate surface area is 127 Å². The topological polar surface area (TPSA) is 110 Å². The quantitative estimate of drug-likeness (QED) is 0.657. The van der Waals surface area contributed by atoms with Gasteiger partial charge >= 0.3 is 0 Å². The van der Waals surface area contributed by atoms with E-state index in [1.807, 2.05) is 18.2 Å². The number of carboxylic acids is 1. The maximum atomic E-state index is 11.9. The van der Waals surface area contributed by atoms with Crippen LogP contribution in [0.1, 0.15) is 28.2 Å². The molecule has 0 aliphatic rings. The molecular weight excluding hydrogens is 284 g/mol.